The first-order chi connectivity index (χ1) is 8.91. The fourth-order valence-corrected chi connectivity index (χ4v) is 2.70. The standard InChI is InChI=1S/C14H20BrNO3/c1-14(2,7-8-15)9-16-13(18)10-5-4-6-11(19-3)12(10)17/h4-6,17H,7-9H2,1-3H3,(H,16,18). The topological polar surface area (TPSA) is 58.6 Å². The third-order valence-corrected chi connectivity index (χ3v) is 3.36. The van der Waals surface area contributed by atoms with Crippen molar-refractivity contribution in [1.29, 1.82) is 0 Å². The Balaban J connectivity index is 2.74. The van der Waals surface area contributed by atoms with Crippen molar-refractivity contribution in [1.82, 2.24) is 5.32 Å². The van der Waals surface area contributed by atoms with Crippen LogP contribution in [0.4, 0.5) is 0 Å². The van der Waals surface area contributed by atoms with E-state index in [1.165, 1.54) is 7.11 Å². The summed E-state index contributed by atoms with van der Waals surface area (Å²) in [4.78, 5) is 12.0. The Labute approximate surface area is 122 Å². The van der Waals surface area contributed by atoms with Crippen LogP contribution >= 0.6 is 15.9 Å². The first kappa shape index (κ1) is 15.8. The summed E-state index contributed by atoms with van der Waals surface area (Å²) in [6.07, 6.45) is 0.956. The number of halogens is 1. The minimum atomic E-state index is -0.293. The smallest absolute Gasteiger partial charge is 0.255 e. The number of ether oxygens (including phenoxy) is 1. The molecule has 1 aromatic carbocycles. The predicted molar refractivity (Wildman–Crippen MR) is 79.2 cm³/mol. The second-order valence-corrected chi connectivity index (χ2v) is 5.94. The van der Waals surface area contributed by atoms with E-state index in [9.17, 15) is 9.90 Å². The van der Waals surface area contributed by atoms with Gasteiger partial charge in [-0.3, -0.25) is 4.79 Å². The van der Waals surface area contributed by atoms with Crippen LogP contribution in [0.15, 0.2) is 18.2 Å². The molecule has 0 aromatic heterocycles. The second-order valence-electron chi connectivity index (χ2n) is 5.14. The highest BCUT2D eigenvalue weighted by Crippen LogP contribution is 2.29. The molecule has 0 radical (unpaired) electrons. The summed E-state index contributed by atoms with van der Waals surface area (Å²) in [5, 5.41) is 13.6. The van der Waals surface area contributed by atoms with E-state index in [4.69, 9.17) is 4.74 Å². The molecule has 0 unspecified atom stereocenters. The number of nitrogens with one attached hydrogen (secondary N) is 1. The van der Waals surface area contributed by atoms with Gasteiger partial charge in [0.05, 0.1) is 12.7 Å². The summed E-state index contributed by atoms with van der Waals surface area (Å²) < 4.78 is 4.98. The Morgan fingerprint density at radius 3 is 2.74 bits per heavy atom. The Kier molecular flexibility index (Phi) is 5.66. The summed E-state index contributed by atoms with van der Waals surface area (Å²) >= 11 is 3.40. The van der Waals surface area contributed by atoms with Crippen molar-refractivity contribution in [2.45, 2.75) is 20.3 Å². The third-order valence-electron chi connectivity index (χ3n) is 2.96. The quantitative estimate of drug-likeness (QED) is 0.789. The molecule has 0 heterocycles. The molecule has 5 heteroatoms. The highest BCUT2D eigenvalue weighted by atomic mass is 79.9. The van der Waals surface area contributed by atoms with Crippen molar-refractivity contribution in [3.8, 4) is 11.5 Å². The molecule has 0 atom stereocenters. The summed E-state index contributed by atoms with van der Waals surface area (Å²) in [5.41, 5.74) is 0.238. The average molecular weight is 330 g/mol. The van der Waals surface area contributed by atoms with Gasteiger partial charge in [0.25, 0.3) is 5.91 Å². The molecule has 106 valence electrons. The monoisotopic (exact) mass is 329 g/mol. The van der Waals surface area contributed by atoms with Gasteiger partial charge in [0.2, 0.25) is 0 Å². The van der Waals surface area contributed by atoms with Crippen LogP contribution in [0.5, 0.6) is 11.5 Å². The molecular weight excluding hydrogens is 310 g/mol. The van der Waals surface area contributed by atoms with Gasteiger partial charge in [-0.25, -0.2) is 0 Å². The molecule has 1 amide bonds. The van der Waals surface area contributed by atoms with E-state index in [0.29, 0.717) is 12.3 Å². The maximum atomic E-state index is 12.0. The SMILES string of the molecule is COc1cccc(C(=O)NCC(C)(C)CCBr)c1O. The lowest BCUT2D eigenvalue weighted by Gasteiger charge is -2.24. The van der Waals surface area contributed by atoms with Gasteiger partial charge in [0.15, 0.2) is 11.5 Å². The molecule has 1 rings (SSSR count). The first-order valence-electron chi connectivity index (χ1n) is 6.11. The molecule has 0 saturated heterocycles. The number of rotatable bonds is 6. The van der Waals surface area contributed by atoms with Gasteiger partial charge in [0.1, 0.15) is 0 Å². The van der Waals surface area contributed by atoms with E-state index >= 15 is 0 Å². The molecule has 0 aliphatic heterocycles. The lowest BCUT2D eigenvalue weighted by molar-refractivity contribution is 0.0932. The minimum absolute atomic E-state index is 0.00759. The van der Waals surface area contributed by atoms with Crippen LogP contribution in [0.3, 0.4) is 0 Å². The van der Waals surface area contributed by atoms with Crippen molar-refractivity contribution >= 4 is 21.8 Å². The minimum Gasteiger partial charge on any atom is -0.504 e. The van der Waals surface area contributed by atoms with Crippen LogP contribution in [0.1, 0.15) is 30.6 Å². The summed E-state index contributed by atoms with van der Waals surface area (Å²) in [5.74, 6) is -0.118. The molecular formula is C14H20BrNO3. The number of amides is 1. The van der Waals surface area contributed by atoms with Crippen LogP contribution in [-0.4, -0.2) is 30.0 Å². The molecule has 4 nitrogen and oxygen atoms in total. The van der Waals surface area contributed by atoms with E-state index in [2.05, 4.69) is 35.1 Å². The summed E-state index contributed by atoms with van der Waals surface area (Å²) in [6.45, 7) is 4.72. The fraction of sp³-hybridized carbons (Fsp3) is 0.500. The molecule has 2 N–H and O–H groups in total. The van der Waals surface area contributed by atoms with Gasteiger partial charge in [0, 0.05) is 11.9 Å². The Bertz CT molecular complexity index is 446. The van der Waals surface area contributed by atoms with E-state index < -0.39 is 0 Å². The van der Waals surface area contributed by atoms with Crippen molar-refractivity contribution in [2.75, 3.05) is 19.0 Å². The molecule has 0 aliphatic carbocycles. The molecule has 19 heavy (non-hydrogen) atoms. The predicted octanol–water partition coefficient (Wildman–Crippen LogP) is 2.94. The zero-order valence-electron chi connectivity index (χ0n) is 11.5. The van der Waals surface area contributed by atoms with Gasteiger partial charge in [-0.05, 0) is 24.0 Å². The van der Waals surface area contributed by atoms with Crippen molar-refractivity contribution < 1.29 is 14.6 Å². The number of phenols is 1. The molecule has 1 aromatic rings. The molecule has 0 spiro atoms. The fourth-order valence-electron chi connectivity index (χ4n) is 1.63. The Morgan fingerprint density at radius 1 is 1.47 bits per heavy atom. The van der Waals surface area contributed by atoms with Crippen molar-refractivity contribution in [2.24, 2.45) is 5.41 Å². The van der Waals surface area contributed by atoms with Crippen molar-refractivity contribution in [3.63, 3.8) is 0 Å². The molecule has 0 aliphatic rings. The van der Waals surface area contributed by atoms with Crippen LogP contribution in [0.25, 0.3) is 0 Å². The number of benzene rings is 1. The number of methoxy groups -OCH3 is 1. The van der Waals surface area contributed by atoms with E-state index in [-0.39, 0.29) is 22.6 Å². The molecule has 0 bridgehead atoms. The van der Waals surface area contributed by atoms with E-state index in [1.807, 2.05) is 0 Å². The average Bonchev–Trinajstić information content (AvgIpc) is 2.36. The number of alkyl halides is 1. The van der Waals surface area contributed by atoms with Crippen molar-refractivity contribution in [3.05, 3.63) is 23.8 Å². The number of hydrogen-bond acceptors (Lipinski definition) is 3. The van der Waals surface area contributed by atoms with Crippen LogP contribution in [-0.2, 0) is 0 Å². The van der Waals surface area contributed by atoms with E-state index in [1.54, 1.807) is 18.2 Å². The Morgan fingerprint density at radius 2 is 2.16 bits per heavy atom. The number of phenolic OH excluding ortho intramolecular Hbond substituents is 1. The number of carbonyl (C=O) groups is 1. The van der Waals surface area contributed by atoms with Crippen LogP contribution in [0.2, 0.25) is 0 Å². The lowest BCUT2D eigenvalue weighted by Crippen LogP contribution is -2.34. The normalized spacial score (nSPS) is 11.2. The number of aromatic hydroxyl groups is 1. The lowest BCUT2D eigenvalue weighted by atomic mass is 9.90. The summed E-state index contributed by atoms with van der Waals surface area (Å²) in [6, 6.07) is 4.86. The molecule has 0 fully saturated rings. The highest BCUT2D eigenvalue weighted by molar-refractivity contribution is 9.09. The second kappa shape index (κ2) is 6.80. The zero-order chi connectivity index (χ0) is 14.5. The highest BCUT2D eigenvalue weighted by Gasteiger charge is 2.20. The number of hydrogen-bond donors (Lipinski definition) is 2. The van der Waals surface area contributed by atoms with Crippen LogP contribution < -0.4 is 10.1 Å². The van der Waals surface area contributed by atoms with Gasteiger partial charge in [-0.2, -0.15) is 0 Å². The van der Waals surface area contributed by atoms with E-state index in [0.717, 1.165) is 11.8 Å². The number of carbonyl (C=O) groups excluding carboxylic acids is 1. The van der Waals surface area contributed by atoms with Gasteiger partial charge < -0.3 is 15.2 Å². The van der Waals surface area contributed by atoms with Gasteiger partial charge >= 0.3 is 0 Å². The molecule has 0 saturated carbocycles. The maximum absolute atomic E-state index is 12.0. The largest absolute Gasteiger partial charge is 0.504 e. The zero-order valence-corrected chi connectivity index (χ0v) is 13.1. The summed E-state index contributed by atoms with van der Waals surface area (Å²) in [7, 11) is 1.45. The third kappa shape index (κ3) is 4.42. The maximum Gasteiger partial charge on any atom is 0.255 e. The van der Waals surface area contributed by atoms with Gasteiger partial charge in [-0.15, -0.1) is 0 Å². The first-order valence-corrected chi connectivity index (χ1v) is 7.23. The van der Waals surface area contributed by atoms with Crippen LogP contribution in [0, 0.1) is 5.41 Å². The number of para-hydroxylation sites is 1. The Hall–Kier alpha value is -1.23. The van der Waals surface area contributed by atoms with Gasteiger partial charge in [-0.1, -0.05) is 35.8 Å².